The summed E-state index contributed by atoms with van der Waals surface area (Å²) in [6.07, 6.45) is -0.685. The van der Waals surface area contributed by atoms with E-state index in [1.165, 1.54) is 0 Å². The van der Waals surface area contributed by atoms with E-state index in [1.54, 1.807) is 4.90 Å². The van der Waals surface area contributed by atoms with Gasteiger partial charge in [0, 0.05) is 5.70 Å². The number of allylic oxidation sites excluding steroid dienone is 1. The first kappa shape index (κ1) is 9.04. The lowest BCUT2D eigenvalue weighted by Gasteiger charge is -2.23. The van der Waals surface area contributed by atoms with E-state index in [0.29, 0.717) is 5.96 Å². The van der Waals surface area contributed by atoms with E-state index >= 15 is 0 Å². The van der Waals surface area contributed by atoms with Gasteiger partial charge in [-0.15, -0.1) is 10.6 Å². The fourth-order valence-electron chi connectivity index (χ4n) is 1.49. The molecule has 2 heterocycles. The lowest BCUT2D eigenvalue weighted by atomic mass is 10.2. The number of guanidine groups is 1. The number of hydrazone groups is 1. The maximum Gasteiger partial charge on any atom is 0.240 e. The molecule has 0 fully saturated rings. The number of nitrogens with zero attached hydrogens (tertiary/aromatic N) is 2. The first-order chi connectivity index (χ1) is 6.63. The van der Waals surface area contributed by atoms with Crippen molar-refractivity contribution in [2.24, 2.45) is 5.10 Å². The molecular formula is C8H13N5O. The van der Waals surface area contributed by atoms with E-state index in [-0.39, 0.29) is 0 Å². The fraction of sp³-hybridized carbons (Fsp3) is 0.375. The summed E-state index contributed by atoms with van der Waals surface area (Å²) in [6, 6.07) is 0. The van der Waals surface area contributed by atoms with Gasteiger partial charge in [-0.25, -0.2) is 5.53 Å². The van der Waals surface area contributed by atoms with Crippen LogP contribution < -0.4 is 16.5 Å². The molecule has 0 saturated carbocycles. The van der Waals surface area contributed by atoms with Crippen molar-refractivity contribution in [2.45, 2.75) is 20.1 Å². The maximum atomic E-state index is 9.89. The van der Waals surface area contributed by atoms with Gasteiger partial charge in [-0.1, -0.05) is 6.58 Å². The molecule has 0 spiro atoms. The molecule has 0 aromatic heterocycles. The maximum absolute atomic E-state index is 9.89. The molecule has 1 atom stereocenters. The van der Waals surface area contributed by atoms with Gasteiger partial charge >= 0.3 is 0 Å². The van der Waals surface area contributed by atoms with Crippen LogP contribution in [0, 0.1) is 0 Å². The third-order valence-corrected chi connectivity index (χ3v) is 2.57. The summed E-state index contributed by atoms with van der Waals surface area (Å²) >= 11 is 0. The van der Waals surface area contributed by atoms with Crippen LogP contribution in [0.3, 0.4) is 0 Å². The van der Waals surface area contributed by atoms with Gasteiger partial charge in [0.2, 0.25) is 5.96 Å². The summed E-state index contributed by atoms with van der Waals surface area (Å²) in [7, 11) is 0. The zero-order valence-electron chi connectivity index (χ0n) is 8.13. The van der Waals surface area contributed by atoms with E-state index in [9.17, 15) is 5.11 Å². The minimum atomic E-state index is -0.685. The SMILES string of the molecule is C=C1C(C)=C(C)C(O)N1C1=NNNN1. The highest BCUT2D eigenvalue weighted by molar-refractivity contribution is 5.84. The Morgan fingerprint density at radius 2 is 2.21 bits per heavy atom. The van der Waals surface area contributed by atoms with Crippen LogP contribution in [0.4, 0.5) is 0 Å². The predicted molar refractivity (Wildman–Crippen MR) is 52.2 cm³/mol. The minimum absolute atomic E-state index is 0.513. The monoisotopic (exact) mass is 195 g/mol. The molecule has 0 radical (unpaired) electrons. The molecule has 0 amide bonds. The van der Waals surface area contributed by atoms with E-state index in [1.807, 2.05) is 13.8 Å². The molecule has 14 heavy (non-hydrogen) atoms. The molecule has 4 N–H and O–H groups in total. The van der Waals surface area contributed by atoms with Crippen molar-refractivity contribution >= 4 is 5.96 Å². The number of rotatable bonds is 0. The van der Waals surface area contributed by atoms with Gasteiger partial charge in [0.25, 0.3) is 0 Å². The second-order valence-corrected chi connectivity index (χ2v) is 3.30. The lowest BCUT2D eigenvalue weighted by Crippen LogP contribution is -2.46. The molecule has 76 valence electrons. The van der Waals surface area contributed by atoms with Crippen molar-refractivity contribution in [3.8, 4) is 0 Å². The van der Waals surface area contributed by atoms with Gasteiger partial charge in [-0.05, 0) is 25.0 Å². The Hall–Kier alpha value is -1.53. The molecule has 0 aromatic carbocycles. The van der Waals surface area contributed by atoms with E-state index < -0.39 is 6.23 Å². The van der Waals surface area contributed by atoms with Crippen molar-refractivity contribution in [2.75, 3.05) is 0 Å². The average Bonchev–Trinajstić information content (AvgIpc) is 2.73. The number of hydrogen-bond donors (Lipinski definition) is 4. The topological polar surface area (TPSA) is 71.9 Å². The Morgan fingerprint density at radius 3 is 2.64 bits per heavy atom. The van der Waals surface area contributed by atoms with Gasteiger partial charge in [-0.2, -0.15) is 0 Å². The average molecular weight is 195 g/mol. The third kappa shape index (κ3) is 1.08. The van der Waals surface area contributed by atoms with Gasteiger partial charge in [0.1, 0.15) is 0 Å². The first-order valence-electron chi connectivity index (χ1n) is 4.30. The van der Waals surface area contributed by atoms with Crippen LogP contribution in [-0.2, 0) is 0 Å². The molecular weight excluding hydrogens is 182 g/mol. The Morgan fingerprint density at radius 1 is 1.50 bits per heavy atom. The van der Waals surface area contributed by atoms with Gasteiger partial charge < -0.3 is 5.11 Å². The highest BCUT2D eigenvalue weighted by Crippen LogP contribution is 2.30. The quantitative estimate of drug-likeness (QED) is 0.413. The molecule has 6 nitrogen and oxygen atoms in total. The molecule has 0 saturated heterocycles. The van der Waals surface area contributed by atoms with Crippen molar-refractivity contribution in [3.63, 3.8) is 0 Å². The van der Waals surface area contributed by atoms with Crippen LogP contribution in [0.2, 0.25) is 0 Å². The van der Waals surface area contributed by atoms with Crippen LogP contribution in [0.25, 0.3) is 0 Å². The van der Waals surface area contributed by atoms with Crippen molar-refractivity contribution in [1.29, 1.82) is 0 Å². The summed E-state index contributed by atoms with van der Waals surface area (Å²) in [4.78, 5) is 1.62. The third-order valence-electron chi connectivity index (χ3n) is 2.57. The Kier molecular flexibility index (Phi) is 1.94. The van der Waals surface area contributed by atoms with E-state index in [0.717, 1.165) is 16.8 Å². The van der Waals surface area contributed by atoms with Crippen molar-refractivity contribution in [3.05, 3.63) is 23.4 Å². The molecule has 2 aliphatic rings. The van der Waals surface area contributed by atoms with Crippen LogP contribution >= 0.6 is 0 Å². The zero-order chi connectivity index (χ0) is 10.3. The minimum Gasteiger partial charge on any atom is -0.369 e. The number of hydrogen-bond acceptors (Lipinski definition) is 6. The number of aliphatic hydroxyl groups is 1. The molecule has 2 rings (SSSR count). The smallest absolute Gasteiger partial charge is 0.240 e. The summed E-state index contributed by atoms with van der Waals surface area (Å²) in [6.45, 7) is 7.70. The summed E-state index contributed by atoms with van der Waals surface area (Å²) in [5.41, 5.74) is 10.6. The standard InChI is InChI=1S/C8H13N5O/c1-4-5(2)7(14)13(6(4)3)8-9-11-12-10-8/h7,11-12,14H,3H2,1-2H3,(H,9,10). The van der Waals surface area contributed by atoms with Gasteiger partial charge in [0.15, 0.2) is 6.23 Å². The van der Waals surface area contributed by atoms with Gasteiger partial charge in [-0.3, -0.25) is 10.3 Å². The summed E-state index contributed by atoms with van der Waals surface area (Å²) in [5, 5.41) is 13.8. The van der Waals surface area contributed by atoms with Crippen LogP contribution in [0.1, 0.15) is 13.8 Å². The lowest BCUT2D eigenvalue weighted by molar-refractivity contribution is 0.119. The Bertz CT molecular complexity index is 346. The highest BCUT2D eigenvalue weighted by atomic mass is 16.3. The molecule has 1 unspecified atom stereocenters. The fourth-order valence-corrected chi connectivity index (χ4v) is 1.49. The number of aliphatic hydroxyl groups excluding tert-OH is 1. The first-order valence-corrected chi connectivity index (χ1v) is 4.30. The summed E-state index contributed by atoms with van der Waals surface area (Å²) < 4.78 is 0. The van der Waals surface area contributed by atoms with E-state index in [4.69, 9.17) is 0 Å². The second kappa shape index (κ2) is 3.00. The highest BCUT2D eigenvalue weighted by Gasteiger charge is 2.33. The molecule has 0 aliphatic carbocycles. The number of hydrazine groups is 2. The second-order valence-electron chi connectivity index (χ2n) is 3.30. The zero-order valence-corrected chi connectivity index (χ0v) is 8.13. The predicted octanol–water partition coefficient (Wildman–Crippen LogP) is -0.646. The largest absolute Gasteiger partial charge is 0.369 e. The van der Waals surface area contributed by atoms with Crippen molar-refractivity contribution < 1.29 is 5.11 Å². The molecule has 0 aromatic rings. The van der Waals surface area contributed by atoms with Crippen LogP contribution in [0.15, 0.2) is 28.5 Å². The number of nitrogens with one attached hydrogen (secondary N) is 3. The normalized spacial score (nSPS) is 26.5. The van der Waals surface area contributed by atoms with E-state index in [2.05, 4.69) is 28.2 Å². The Balaban J connectivity index is 2.28. The van der Waals surface area contributed by atoms with Crippen molar-refractivity contribution in [1.82, 2.24) is 21.4 Å². The molecule has 6 heteroatoms. The van der Waals surface area contributed by atoms with Crippen LogP contribution in [0.5, 0.6) is 0 Å². The van der Waals surface area contributed by atoms with Gasteiger partial charge in [0.05, 0.1) is 0 Å². The van der Waals surface area contributed by atoms with Crippen LogP contribution in [-0.4, -0.2) is 22.2 Å². The molecule has 2 aliphatic heterocycles. The molecule has 0 bridgehead atoms. The summed E-state index contributed by atoms with van der Waals surface area (Å²) in [5.74, 6) is 0.513. The Labute approximate surface area is 81.9 Å².